The van der Waals surface area contributed by atoms with Crippen LogP contribution >= 0.6 is 11.6 Å². The van der Waals surface area contributed by atoms with Crippen LogP contribution in [-0.4, -0.2) is 17.1 Å². The van der Waals surface area contributed by atoms with Crippen molar-refractivity contribution in [1.29, 1.82) is 0 Å². The first kappa shape index (κ1) is 21.9. The monoisotopic (exact) mass is 413 g/mol. The molecule has 2 aromatic rings. The van der Waals surface area contributed by atoms with Gasteiger partial charge < -0.3 is 10.4 Å². The van der Waals surface area contributed by atoms with Gasteiger partial charge in [0.1, 0.15) is 6.10 Å². The van der Waals surface area contributed by atoms with Gasteiger partial charge in [0.25, 0.3) is 5.91 Å². The van der Waals surface area contributed by atoms with E-state index >= 15 is 0 Å². The Balaban J connectivity index is 1.68. The summed E-state index contributed by atoms with van der Waals surface area (Å²) in [5.41, 5.74) is 2.00. The Morgan fingerprint density at radius 2 is 1.79 bits per heavy atom. The van der Waals surface area contributed by atoms with Crippen molar-refractivity contribution in [3.8, 4) is 0 Å². The molecule has 0 heterocycles. The summed E-state index contributed by atoms with van der Waals surface area (Å²) in [6, 6.07) is 14.7. The van der Waals surface area contributed by atoms with Gasteiger partial charge in [-0.15, -0.1) is 0 Å². The number of nitrogens with one attached hydrogen (secondary N) is 1. The van der Waals surface area contributed by atoms with Gasteiger partial charge in [-0.1, -0.05) is 81.3 Å². The highest BCUT2D eigenvalue weighted by Crippen LogP contribution is 2.29. The molecule has 0 aromatic heterocycles. The predicted octanol–water partition coefficient (Wildman–Crippen LogP) is 6.29. The Hall–Kier alpha value is -1.84. The van der Waals surface area contributed by atoms with E-state index in [1.54, 1.807) is 18.2 Å². The van der Waals surface area contributed by atoms with Crippen molar-refractivity contribution in [1.82, 2.24) is 5.32 Å². The molecule has 1 aliphatic rings. The number of carbonyl (C=O) groups excluding carboxylic acids is 1. The lowest BCUT2D eigenvalue weighted by molar-refractivity contribution is 0.0925. The highest BCUT2D eigenvalue weighted by Gasteiger charge is 2.21. The van der Waals surface area contributed by atoms with Gasteiger partial charge in [-0.2, -0.15) is 0 Å². The van der Waals surface area contributed by atoms with E-state index in [1.807, 2.05) is 30.3 Å². The van der Waals surface area contributed by atoms with Crippen LogP contribution in [0.2, 0.25) is 5.02 Å². The molecule has 1 amide bonds. The van der Waals surface area contributed by atoms with Crippen LogP contribution < -0.4 is 5.32 Å². The molecule has 0 saturated heterocycles. The van der Waals surface area contributed by atoms with Crippen LogP contribution in [0.1, 0.15) is 85.9 Å². The standard InChI is InChI=1S/C25H32ClNO2/c1-2-8-23(15-18-9-4-3-5-10-18)27-25(29)21-13-6-11-19(16-21)24(28)20-12-7-14-22(26)17-20/h6-7,11-14,16-18,23-24,28H,2-5,8-10,15H2,1H3,(H,27,29)/t23-,24?/m1/s1. The fourth-order valence-corrected chi connectivity index (χ4v) is 4.61. The van der Waals surface area contributed by atoms with Crippen molar-refractivity contribution >= 4 is 17.5 Å². The van der Waals surface area contributed by atoms with Crippen molar-refractivity contribution < 1.29 is 9.90 Å². The zero-order chi connectivity index (χ0) is 20.6. The van der Waals surface area contributed by atoms with Gasteiger partial charge in [0.2, 0.25) is 0 Å². The number of aliphatic hydroxyl groups is 1. The Kier molecular flexibility index (Phi) is 8.14. The lowest BCUT2D eigenvalue weighted by Crippen LogP contribution is -2.36. The number of amides is 1. The van der Waals surface area contributed by atoms with Crippen molar-refractivity contribution in [2.45, 2.75) is 70.4 Å². The van der Waals surface area contributed by atoms with Gasteiger partial charge in [-0.3, -0.25) is 4.79 Å². The quantitative estimate of drug-likeness (QED) is 0.534. The van der Waals surface area contributed by atoms with E-state index in [-0.39, 0.29) is 11.9 Å². The van der Waals surface area contributed by atoms with Crippen molar-refractivity contribution in [3.05, 3.63) is 70.2 Å². The molecule has 1 saturated carbocycles. The van der Waals surface area contributed by atoms with E-state index in [0.717, 1.165) is 30.7 Å². The Morgan fingerprint density at radius 1 is 1.10 bits per heavy atom. The van der Waals surface area contributed by atoms with Gasteiger partial charge >= 0.3 is 0 Å². The minimum absolute atomic E-state index is 0.0561. The number of halogens is 1. The van der Waals surface area contributed by atoms with Crippen LogP contribution in [-0.2, 0) is 0 Å². The minimum atomic E-state index is -0.810. The highest BCUT2D eigenvalue weighted by molar-refractivity contribution is 6.30. The van der Waals surface area contributed by atoms with Gasteiger partial charge in [0.05, 0.1) is 0 Å². The third kappa shape index (κ3) is 6.32. The minimum Gasteiger partial charge on any atom is -0.384 e. The maximum Gasteiger partial charge on any atom is 0.251 e. The molecule has 4 heteroatoms. The predicted molar refractivity (Wildman–Crippen MR) is 119 cm³/mol. The molecular weight excluding hydrogens is 382 g/mol. The molecule has 2 atom stereocenters. The summed E-state index contributed by atoms with van der Waals surface area (Å²) in [5, 5.41) is 14.6. The van der Waals surface area contributed by atoms with Gasteiger partial charge in [0, 0.05) is 16.6 Å². The Morgan fingerprint density at radius 3 is 2.48 bits per heavy atom. The van der Waals surface area contributed by atoms with E-state index in [9.17, 15) is 9.90 Å². The van der Waals surface area contributed by atoms with Crippen LogP contribution in [0.4, 0.5) is 0 Å². The summed E-state index contributed by atoms with van der Waals surface area (Å²) in [4.78, 5) is 12.9. The average molecular weight is 414 g/mol. The molecule has 1 aliphatic carbocycles. The smallest absolute Gasteiger partial charge is 0.251 e. The third-order valence-electron chi connectivity index (χ3n) is 5.94. The molecular formula is C25H32ClNO2. The second-order valence-corrected chi connectivity index (χ2v) is 8.72. The zero-order valence-electron chi connectivity index (χ0n) is 17.2. The zero-order valence-corrected chi connectivity index (χ0v) is 18.0. The molecule has 1 fully saturated rings. The molecule has 3 nitrogen and oxygen atoms in total. The fraction of sp³-hybridized carbons (Fsp3) is 0.480. The van der Waals surface area contributed by atoms with E-state index in [1.165, 1.54) is 32.1 Å². The van der Waals surface area contributed by atoms with Crippen LogP contribution in [0.15, 0.2) is 48.5 Å². The van der Waals surface area contributed by atoms with E-state index < -0.39 is 6.10 Å². The van der Waals surface area contributed by atoms with Crippen molar-refractivity contribution in [2.24, 2.45) is 5.92 Å². The number of rotatable bonds is 8. The molecule has 3 rings (SSSR count). The topological polar surface area (TPSA) is 49.3 Å². The maximum absolute atomic E-state index is 12.9. The van der Waals surface area contributed by atoms with Crippen molar-refractivity contribution in [3.63, 3.8) is 0 Å². The summed E-state index contributed by atoms with van der Waals surface area (Å²) in [6.07, 6.45) is 8.90. The van der Waals surface area contributed by atoms with Crippen LogP contribution in [0.3, 0.4) is 0 Å². The first-order chi connectivity index (χ1) is 14.1. The molecule has 0 radical (unpaired) electrons. The van der Waals surface area contributed by atoms with Gasteiger partial charge in [0.15, 0.2) is 0 Å². The summed E-state index contributed by atoms with van der Waals surface area (Å²) in [6.45, 7) is 2.17. The highest BCUT2D eigenvalue weighted by atomic mass is 35.5. The molecule has 156 valence electrons. The molecule has 2 N–H and O–H groups in total. The normalized spacial score (nSPS) is 16.9. The third-order valence-corrected chi connectivity index (χ3v) is 6.18. The second kappa shape index (κ2) is 10.8. The van der Waals surface area contributed by atoms with E-state index in [2.05, 4.69) is 12.2 Å². The first-order valence-electron chi connectivity index (χ1n) is 10.9. The molecule has 2 aromatic carbocycles. The molecule has 1 unspecified atom stereocenters. The molecule has 0 bridgehead atoms. The molecule has 0 spiro atoms. The summed E-state index contributed by atoms with van der Waals surface area (Å²) in [5.74, 6) is 0.677. The Labute approximate surface area is 179 Å². The maximum atomic E-state index is 12.9. The number of carbonyl (C=O) groups is 1. The summed E-state index contributed by atoms with van der Waals surface area (Å²) >= 11 is 6.05. The van der Waals surface area contributed by atoms with E-state index in [4.69, 9.17) is 11.6 Å². The van der Waals surface area contributed by atoms with Crippen LogP contribution in [0.5, 0.6) is 0 Å². The number of benzene rings is 2. The first-order valence-corrected chi connectivity index (χ1v) is 11.3. The largest absolute Gasteiger partial charge is 0.384 e. The molecule has 0 aliphatic heterocycles. The van der Waals surface area contributed by atoms with Crippen molar-refractivity contribution in [2.75, 3.05) is 0 Å². The fourth-order valence-electron chi connectivity index (χ4n) is 4.41. The number of aliphatic hydroxyl groups excluding tert-OH is 1. The Bertz CT molecular complexity index is 801. The number of hydrogen-bond donors (Lipinski definition) is 2. The lowest BCUT2D eigenvalue weighted by Gasteiger charge is -2.27. The SMILES string of the molecule is CCC[C@H](CC1CCCCC1)NC(=O)c1cccc(C(O)c2cccc(Cl)c2)c1. The number of hydrogen-bond acceptors (Lipinski definition) is 2. The lowest BCUT2D eigenvalue weighted by atomic mass is 9.84. The van der Waals surface area contributed by atoms with Crippen LogP contribution in [0, 0.1) is 5.92 Å². The molecule has 29 heavy (non-hydrogen) atoms. The summed E-state index contributed by atoms with van der Waals surface area (Å²) in [7, 11) is 0. The van der Waals surface area contributed by atoms with Gasteiger partial charge in [-0.25, -0.2) is 0 Å². The average Bonchev–Trinajstić information content (AvgIpc) is 2.74. The van der Waals surface area contributed by atoms with Crippen LogP contribution in [0.25, 0.3) is 0 Å². The summed E-state index contributed by atoms with van der Waals surface area (Å²) < 4.78 is 0. The van der Waals surface area contributed by atoms with Gasteiger partial charge in [-0.05, 0) is 54.2 Å². The second-order valence-electron chi connectivity index (χ2n) is 8.28. The van der Waals surface area contributed by atoms with E-state index in [0.29, 0.717) is 16.1 Å².